The number of benzene rings is 1. The number of thioether (sulfide) groups is 1. The maximum absolute atomic E-state index is 11.4. The van der Waals surface area contributed by atoms with E-state index in [1.54, 1.807) is 34.6 Å². The summed E-state index contributed by atoms with van der Waals surface area (Å²) in [7, 11) is -3.03. The van der Waals surface area contributed by atoms with Gasteiger partial charge in [-0.25, -0.2) is 8.42 Å². The summed E-state index contributed by atoms with van der Waals surface area (Å²) < 4.78 is 45.2. The Kier molecular flexibility index (Phi) is 6.22. The standard InChI is InChI=1S/C17H16N2O7S3.CH4/c1-25-10-2-3-13-11(6-10)18(8-16(20)21)15(28-13)7-14-19(9-29(22,23)24)17-12(26-14)4-5-27-17;/h2-7,14H,8-9H2,1H3,(H,20,21)(H,22,23,24);1H4/p-1. The molecule has 9 nitrogen and oxygen atoms in total. The molecule has 0 saturated carbocycles. The first-order valence-corrected chi connectivity index (χ1v) is 11.5. The lowest BCUT2D eigenvalue weighted by atomic mass is 10.2. The van der Waals surface area contributed by atoms with Gasteiger partial charge in [0, 0.05) is 17.0 Å². The van der Waals surface area contributed by atoms with Crippen molar-refractivity contribution in [3.63, 3.8) is 0 Å². The average Bonchev–Trinajstić information content (AvgIpc) is 3.30. The molecule has 0 saturated heterocycles. The van der Waals surface area contributed by atoms with Crippen LogP contribution in [0.5, 0.6) is 11.5 Å². The van der Waals surface area contributed by atoms with Crippen LogP contribution in [0.2, 0.25) is 0 Å². The van der Waals surface area contributed by atoms with Crippen LogP contribution >= 0.6 is 23.1 Å². The zero-order chi connectivity index (χ0) is 20.8. The molecular formula is C18H19N2O7S3-. The van der Waals surface area contributed by atoms with Crippen LogP contribution in [-0.4, -0.2) is 49.8 Å². The molecule has 0 aliphatic carbocycles. The quantitative estimate of drug-likeness (QED) is 0.630. The number of rotatable bonds is 6. The van der Waals surface area contributed by atoms with Gasteiger partial charge in [0.1, 0.15) is 33.3 Å². The Bertz CT molecular complexity index is 1100. The van der Waals surface area contributed by atoms with E-state index in [-0.39, 0.29) is 14.0 Å². The first-order valence-electron chi connectivity index (χ1n) is 8.26. The van der Waals surface area contributed by atoms with E-state index in [0.29, 0.717) is 27.2 Å². The van der Waals surface area contributed by atoms with Gasteiger partial charge in [-0.05, 0) is 23.6 Å². The van der Waals surface area contributed by atoms with Crippen molar-refractivity contribution in [2.24, 2.45) is 0 Å². The van der Waals surface area contributed by atoms with E-state index in [1.165, 1.54) is 35.1 Å². The van der Waals surface area contributed by atoms with E-state index in [2.05, 4.69) is 0 Å². The molecule has 0 radical (unpaired) electrons. The Balaban J connectivity index is 0.00000256. The smallest absolute Gasteiger partial charge is 0.323 e. The minimum Gasteiger partial charge on any atom is -0.747 e. The number of carboxylic acids is 1. The van der Waals surface area contributed by atoms with Crippen LogP contribution in [0.25, 0.3) is 0 Å². The molecule has 12 heteroatoms. The van der Waals surface area contributed by atoms with Crippen LogP contribution in [0, 0.1) is 0 Å². The van der Waals surface area contributed by atoms with Gasteiger partial charge in [0.2, 0.25) is 0 Å². The van der Waals surface area contributed by atoms with E-state index in [4.69, 9.17) is 9.47 Å². The molecule has 2 aliphatic heterocycles. The Hall–Kier alpha value is -2.41. The third-order valence-electron chi connectivity index (χ3n) is 4.24. The molecular weight excluding hydrogens is 452 g/mol. The summed E-state index contributed by atoms with van der Waals surface area (Å²) >= 11 is 2.59. The SMILES string of the molecule is C.COc1ccc2c(c1)N(CC(=O)O)C(=CC1Oc3ccsc3N1CS(=O)(=O)[O-])S2. The van der Waals surface area contributed by atoms with Crippen molar-refractivity contribution >= 4 is 49.9 Å². The topological polar surface area (TPSA) is 119 Å². The van der Waals surface area contributed by atoms with Crippen molar-refractivity contribution in [2.45, 2.75) is 18.6 Å². The first-order chi connectivity index (χ1) is 13.7. The summed E-state index contributed by atoms with van der Waals surface area (Å²) in [6, 6.07) is 7.02. The lowest BCUT2D eigenvalue weighted by Crippen LogP contribution is -2.38. The molecule has 1 atom stereocenters. The average molecular weight is 472 g/mol. The Labute approximate surface area is 182 Å². The molecule has 0 fully saturated rings. The second-order valence-electron chi connectivity index (χ2n) is 6.18. The largest absolute Gasteiger partial charge is 0.747 e. The highest BCUT2D eigenvalue weighted by molar-refractivity contribution is 8.03. The van der Waals surface area contributed by atoms with E-state index < -0.39 is 28.2 Å². The lowest BCUT2D eigenvalue weighted by molar-refractivity contribution is -0.135. The molecule has 1 aromatic heterocycles. The van der Waals surface area contributed by atoms with Gasteiger partial charge in [0.25, 0.3) is 0 Å². The number of methoxy groups -OCH3 is 1. The summed E-state index contributed by atoms with van der Waals surface area (Å²) in [5.41, 5.74) is 0.666. The van der Waals surface area contributed by atoms with E-state index >= 15 is 0 Å². The van der Waals surface area contributed by atoms with Crippen LogP contribution in [0.15, 0.2) is 45.6 Å². The third kappa shape index (κ3) is 4.36. The maximum Gasteiger partial charge on any atom is 0.323 e. The van der Waals surface area contributed by atoms with Crippen LogP contribution in [0.1, 0.15) is 7.43 Å². The summed E-state index contributed by atoms with van der Waals surface area (Å²) in [5.74, 6) is -0.719. The molecule has 162 valence electrons. The molecule has 1 N–H and O–H groups in total. The van der Waals surface area contributed by atoms with E-state index in [0.717, 1.165) is 4.90 Å². The van der Waals surface area contributed by atoms with Crippen LogP contribution in [0.4, 0.5) is 10.7 Å². The van der Waals surface area contributed by atoms with Crippen molar-refractivity contribution in [1.82, 2.24) is 0 Å². The summed E-state index contributed by atoms with van der Waals surface area (Å²) in [6.45, 7) is -0.298. The number of aliphatic carboxylic acids is 1. The molecule has 0 spiro atoms. The first kappa shape index (κ1) is 22.3. The Morgan fingerprint density at radius 3 is 2.83 bits per heavy atom. The molecule has 0 bridgehead atoms. The molecule has 2 aliphatic rings. The van der Waals surface area contributed by atoms with Gasteiger partial charge in [-0.1, -0.05) is 19.2 Å². The highest BCUT2D eigenvalue weighted by Crippen LogP contribution is 2.49. The molecule has 30 heavy (non-hydrogen) atoms. The van der Waals surface area contributed by atoms with Gasteiger partial charge in [-0.15, -0.1) is 11.3 Å². The van der Waals surface area contributed by atoms with Crippen LogP contribution in [0.3, 0.4) is 0 Å². The molecule has 1 aromatic carbocycles. The van der Waals surface area contributed by atoms with Gasteiger partial charge in [0.15, 0.2) is 12.0 Å². The number of carbonyl (C=O) groups is 1. The second-order valence-corrected chi connectivity index (χ2v) is 9.51. The minimum atomic E-state index is -4.55. The van der Waals surface area contributed by atoms with Gasteiger partial charge in [0.05, 0.1) is 17.8 Å². The number of carboxylic acid groups (broad SMARTS) is 1. The molecule has 1 unspecified atom stereocenters. The van der Waals surface area contributed by atoms with Crippen molar-refractivity contribution in [2.75, 3.05) is 29.3 Å². The highest BCUT2D eigenvalue weighted by atomic mass is 32.2. The second kappa shape index (κ2) is 8.38. The summed E-state index contributed by atoms with van der Waals surface area (Å²) in [4.78, 5) is 15.2. The van der Waals surface area contributed by atoms with Gasteiger partial charge >= 0.3 is 5.97 Å². The number of ether oxygens (including phenoxy) is 2. The molecule has 0 amide bonds. The van der Waals surface area contributed by atoms with Crippen molar-refractivity contribution in [3.05, 3.63) is 40.8 Å². The minimum absolute atomic E-state index is 0. The van der Waals surface area contributed by atoms with Crippen molar-refractivity contribution < 1.29 is 32.3 Å². The summed E-state index contributed by atoms with van der Waals surface area (Å²) in [6.07, 6.45) is 0.772. The number of nitrogens with zero attached hydrogens (tertiary/aromatic N) is 2. The zero-order valence-corrected chi connectivity index (χ0v) is 17.4. The monoisotopic (exact) mass is 471 g/mol. The van der Waals surface area contributed by atoms with Gasteiger partial charge in [-0.3, -0.25) is 4.79 Å². The fraction of sp³-hybridized carbons (Fsp3) is 0.278. The number of fused-ring (bicyclic) bond motifs is 2. The Morgan fingerprint density at radius 2 is 2.17 bits per heavy atom. The molecule has 4 rings (SSSR count). The number of hydrogen-bond acceptors (Lipinski definition) is 10. The normalized spacial score (nSPS) is 18.6. The van der Waals surface area contributed by atoms with E-state index in [9.17, 15) is 22.9 Å². The maximum atomic E-state index is 11.4. The Morgan fingerprint density at radius 1 is 1.40 bits per heavy atom. The zero-order valence-electron chi connectivity index (χ0n) is 15.0. The van der Waals surface area contributed by atoms with Crippen molar-refractivity contribution in [3.8, 4) is 11.5 Å². The third-order valence-corrected chi connectivity index (χ3v) is 6.90. The van der Waals surface area contributed by atoms with Gasteiger partial charge in [-0.2, -0.15) is 0 Å². The lowest BCUT2D eigenvalue weighted by Gasteiger charge is -2.25. The number of thiophene rings is 1. The fourth-order valence-corrected chi connectivity index (χ4v) is 5.72. The predicted octanol–water partition coefficient (Wildman–Crippen LogP) is 2.96. The number of hydrogen-bond donors (Lipinski definition) is 1. The number of anilines is 2. The fourth-order valence-electron chi connectivity index (χ4n) is 3.08. The predicted molar refractivity (Wildman–Crippen MR) is 114 cm³/mol. The van der Waals surface area contributed by atoms with Gasteiger partial charge < -0.3 is 28.9 Å². The molecule has 2 aromatic rings. The van der Waals surface area contributed by atoms with Crippen molar-refractivity contribution in [1.29, 1.82) is 0 Å². The van der Waals surface area contributed by atoms with Crippen LogP contribution in [-0.2, 0) is 14.9 Å². The molecule has 3 heterocycles. The van der Waals surface area contributed by atoms with E-state index in [1.807, 2.05) is 6.07 Å². The van der Waals surface area contributed by atoms with Crippen LogP contribution < -0.4 is 19.3 Å². The highest BCUT2D eigenvalue weighted by Gasteiger charge is 2.35. The summed E-state index contributed by atoms with van der Waals surface area (Å²) in [5, 5.41) is 12.2.